The van der Waals surface area contributed by atoms with Gasteiger partial charge in [0, 0.05) is 6.42 Å². The molecule has 0 unspecified atom stereocenters. The van der Waals surface area contributed by atoms with Gasteiger partial charge in [0.05, 0.1) is 24.3 Å². The predicted molar refractivity (Wildman–Crippen MR) is 94.7 cm³/mol. The third kappa shape index (κ3) is 4.08. The summed E-state index contributed by atoms with van der Waals surface area (Å²) in [5, 5.41) is 15.3. The predicted octanol–water partition coefficient (Wildman–Crippen LogP) is 3.43. The van der Waals surface area contributed by atoms with E-state index in [0.717, 1.165) is 18.4 Å². The van der Waals surface area contributed by atoms with Gasteiger partial charge in [-0.1, -0.05) is 43.7 Å². The van der Waals surface area contributed by atoms with Crippen molar-refractivity contribution in [1.82, 2.24) is 14.8 Å². The van der Waals surface area contributed by atoms with E-state index in [9.17, 15) is 5.11 Å². The van der Waals surface area contributed by atoms with E-state index in [0.29, 0.717) is 25.3 Å². The lowest BCUT2D eigenvalue weighted by Gasteiger charge is -2.37. The van der Waals surface area contributed by atoms with Gasteiger partial charge in [-0.05, 0) is 18.9 Å². The molecule has 0 amide bonds. The van der Waals surface area contributed by atoms with Crippen molar-refractivity contribution < 1.29 is 14.6 Å². The molecule has 134 valence electrons. The minimum atomic E-state index is -0.611. The largest absolute Gasteiger partial charge is 0.510 e. The van der Waals surface area contributed by atoms with E-state index >= 15 is 0 Å². The lowest BCUT2D eigenvalue weighted by molar-refractivity contribution is -0.224. The van der Waals surface area contributed by atoms with Gasteiger partial charge in [0.15, 0.2) is 6.29 Å². The fourth-order valence-electron chi connectivity index (χ4n) is 2.94. The number of ether oxygens (including phenoxy) is 2. The highest BCUT2D eigenvalue weighted by atomic mass is 16.7. The first-order valence-corrected chi connectivity index (χ1v) is 8.67. The molecule has 2 aromatic rings. The number of aliphatic hydroxyl groups excluding tert-OH is 1. The zero-order chi connectivity index (χ0) is 17.7. The third-order valence-electron chi connectivity index (χ3n) is 4.45. The van der Waals surface area contributed by atoms with Gasteiger partial charge < -0.3 is 14.6 Å². The molecule has 0 spiro atoms. The molecule has 3 rings (SSSR count). The molecule has 0 bridgehead atoms. The van der Waals surface area contributed by atoms with Gasteiger partial charge in [0.2, 0.25) is 0 Å². The van der Waals surface area contributed by atoms with Crippen LogP contribution in [0.15, 0.2) is 48.7 Å². The summed E-state index contributed by atoms with van der Waals surface area (Å²) in [5.74, 6) is 0.233. The molecule has 6 heteroatoms. The number of aromatic nitrogens is 3. The van der Waals surface area contributed by atoms with E-state index in [2.05, 4.69) is 17.0 Å². The molecule has 0 aliphatic carbocycles. The van der Waals surface area contributed by atoms with E-state index in [1.54, 1.807) is 11.0 Å². The minimum absolute atomic E-state index is 0.185. The number of nitrogens with zero attached hydrogens (tertiary/aromatic N) is 3. The van der Waals surface area contributed by atoms with Crippen LogP contribution in [0.1, 0.15) is 32.3 Å². The lowest BCUT2D eigenvalue weighted by atomic mass is 9.87. The van der Waals surface area contributed by atoms with Crippen molar-refractivity contribution in [3.63, 3.8) is 0 Å². The van der Waals surface area contributed by atoms with Crippen LogP contribution in [0.25, 0.3) is 5.70 Å². The molecule has 1 fully saturated rings. The van der Waals surface area contributed by atoms with Crippen LogP contribution in [0.4, 0.5) is 0 Å². The second-order valence-corrected chi connectivity index (χ2v) is 6.70. The Balaban J connectivity index is 1.88. The first-order valence-electron chi connectivity index (χ1n) is 8.67. The Morgan fingerprint density at radius 1 is 1.28 bits per heavy atom. The van der Waals surface area contributed by atoms with E-state index in [4.69, 9.17) is 9.47 Å². The van der Waals surface area contributed by atoms with Crippen LogP contribution >= 0.6 is 0 Å². The normalized spacial score (nSPS) is 24.8. The van der Waals surface area contributed by atoms with Crippen LogP contribution in [-0.2, 0) is 15.9 Å². The summed E-state index contributed by atoms with van der Waals surface area (Å²) < 4.78 is 13.2. The standard InChI is InChI=1S/C19H25N3O3/c1-3-7-17-24-11-19(2,12-25-17)18(23)16(22-14-20-13-21-22)10-15-8-5-4-6-9-15/h4-6,8-9,13-14,17,23H,3,7,10-12H2,1-2H3/b18-16+. The second kappa shape index (κ2) is 7.80. The summed E-state index contributed by atoms with van der Waals surface area (Å²) in [7, 11) is 0. The van der Waals surface area contributed by atoms with E-state index in [1.807, 2.05) is 37.3 Å². The first-order chi connectivity index (χ1) is 12.1. The smallest absolute Gasteiger partial charge is 0.157 e. The number of hydrogen-bond acceptors (Lipinski definition) is 5. The van der Waals surface area contributed by atoms with Gasteiger partial charge in [-0.3, -0.25) is 0 Å². The number of hydrogen-bond donors (Lipinski definition) is 1. The van der Waals surface area contributed by atoms with Crippen molar-refractivity contribution in [3.05, 3.63) is 54.3 Å². The van der Waals surface area contributed by atoms with E-state index in [-0.39, 0.29) is 12.0 Å². The zero-order valence-corrected chi connectivity index (χ0v) is 14.8. The average Bonchev–Trinajstić information content (AvgIpc) is 3.17. The molecule has 0 radical (unpaired) electrons. The molecule has 0 saturated carbocycles. The zero-order valence-electron chi connectivity index (χ0n) is 14.8. The number of allylic oxidation sites excluding steroid dienone is 1. The number of rotatable bonds is 6. The Morgan fingerprint density at radius 2 is 2.00 bits per heavy atom. The number of benzene rings is 1. The van der Waals surface area contributed by atoms with Crippen molar-refractivity contribution >= 4 is 5.70 Å². The number of aliphatic hydroxyl groups is 1. The Labute approximate surface area is 148 Å². The van der Waals surface area contributed by atoms with E-state index < -0.39 is 5.41 Å². The van der Waals surface area contributed by atoms with Gasteiger partial charge in [-0.2, -0.15) is 5.10 Å². The topological polar surface area (TPSA) is 69.4 Å². The summed E-state index contributed by atoms with van der Waals surface area (Å²) in [6, 6.07) is 9.99. The summed E-state index contributed by atoms with van der Waals surface area (Å²) in [4.78, 5) is 4.02. The SMILES string of the molecule is CCCC1OCC(C)(/C(O)=C(/Cc2ccccc2)n2cncn2)CO1. The van der Waals surface area contributed by atoms with Crippen molar-refractivity contribution in [3.8, 4) is 0 Å². The summed E-state index contributed by atoms with van der Waals surface area (Å²) in [6.07, 6.45) is 5.29. The highest BCUT2D eigenvalue weighted by Gasteiger charge is 2.38. The van der Waals surface area contributed by atoms with Crippen molar-refractivity contribution in [1.29, 1.82) is 0 Å². The van der Waals surface area contributed by atoms with Gasteiger partial charge in [-0.25, -0.2) is 9.67 Å². The molecule has 2 heterocycles. The van der Waals surface area contributed by atoms with Gasteiger partial charge in [0.1, 0.15) is 18.4 Å². The minimum Gasteiger partial charge on any atom is -0.510 e. The maximum Gasteiger partial charge on any atom is 0.157 e. The molecule has 1 aliphatic heterocycles. The Hall–Kier alpha value is -2.18. The van der Waals surface area contributed by atoms with Crippen LogP contribution in [0, 0.1) is 5.41 Å². The lowest BCUT2D eigenvalue weighted by Crippen LogP contribution is -2.41. The van der Waals surface area contributed by atoms with Crippen LogP contribution in [-0.4, -0.2) is 39.4 Å². The highest BCUT2D eigenvalue weighted by Crippen LogP contribution is 2.35. The fraction of sp³-hybridized carbons (Fsp3) is 0.474. The van der Waals surface area contributed by atoms with Crippen LogP contribution in [0.2, 0.25) is 0 Å². The average molecular weight is 343 g/mol. The highest BCUT2D eigenvalue weighted by molar-refractivity contribution is 5.52. The monoisotopic (exact) mass is 343 g/mol. The molecular weight excluding hydrogens is 318 g/mol. The Morgan fingerprint density at radius 3 is 2.60 bits per heavy atom. The molecular formula is C19H25N3O3. The molecule has 1 aromatic carbocycles. The molecule has 6 nitrogen and oxygen atoms in total. The van der Waals surface area contributed by atoms with Crippen LogP contribution < -0.4 is 0 Å². The van der Waals surface area contributed by atoms with E-state index in [1.165, 1.54) is 6.33 Å². The summed E-state index contributed by atoms with van der Waals surface area (Å²) >= 11 is 0. The van der Waals surface area contributed by atoms with Crippen molar-refractivity contribution in [2.75, 3.05) is 13.2 Å². The van der Waals surface area contributed by atoms with Crippen molar-refractivity contribution in [2.45, 2.75) is 39.4 Å². The van der Waals surface area contributed by atoms with Crippen molar-refractivity contribution in [2.24, 2.45) is 5.41 Å². The van der Waals surface area contributed by atoms with Gasteiger partial charge in [-0.15, -0.1) is 0 Å². The molecule has 25 heavy (non-hydrogen) atoms. The first kappa shape index (κ1) is 17.6. The maximum absolute atomic E-state index is 11.1. The molecule has 1 aromatic heterocycles. The van der Waals surface area contributed by atoms with Gasteiger partial charge in [0.25, 0.3) is 0 Å². The second-order valence-electron chi connectivity index (χ2n) is 6.70. The Bertz CT molecular complexity index is 690. The summed E-state index contributed by atoms with van der Waals surface area (Å²) in [5.41, 5.74) is 1.16. The van der Waals surface area contributed by atoms with Crippen LogP contribution in [0.5, 0.6) is 0 Å². The molecule has 0 atom stereocenters. The molecule has 1 aliphatic rings. The Kier molecular flexibility index (Phi) is 5.50. The van der Waals surface area contributed by atoms with Gasteiger partial charge >= 0.3 is 0 Å². The van der Waals surface area contributed by atoms with Crippen LogP contribution in [0.3, 0.4) is 0 Å². The molecule has 1 N–H and O–H groups in total. The maximum atomic E-state index is 11.1. The third-order valence-corrected chi connectivity index (χ3v) is 4.45. The quantitative estimate of drug-likeness (QED) is 0.814. The fourth-order valence-corrected chi connectivity index (χ4v) is 2.94. The molecule has 1 saturated heterocycles. The summed E-state index contributed by atoms with van der Waals surface area (Å²) in [6.45, 7) is 4.87.